The second-order valence-corrected chi connectivity index (χ2v) is 8.93. The van der Waals surface area contributed by atoms with Gasteiger partial charge < -0.3 is 15.4 Å². The number of nitrogens with zero attached hydrogens (tertiary/aromatic N) is 7. The number of ether oxygens (including phenoxy) is 1. The third-order valence-electron chi connectivity index (χ3n) is 6.37. The minimum atomic E-state index is 0.0186. The summed E-state index contributed by atoms with van der Waals surface area (Å²) >= 11 is 0. The van der Waals surface area contributed by atoms with Gasteiger partial charge in [-0.2, -0.15) is 0 Å². The minimum Gasteiger partial charge on any atom is -0.378 e. The number of benzene rings is 1. The summed E-state index contributed by atoms with van der Waals surface area (Å²) < 4.78 is 5.54. The van der Waals surface area contributed by atoms with Crippen LogP contribution in [0.4, 0.5) is 11.8 Å². The van der Waals surface area contributed by atoms with Crippen molar-refractivity contribution in [2.24, 2.45) is 0 Å². The van der Waals surface area contributed by atoms with Crippen LogP contribution in [0.5, 0.6) is 0 Å². The standard InChI is InChI=1S/C28H24N8O2/c29-28-32-16-22(17-33-28)26-34-23-13-21(15-31-25(23)27(35-26)36-7-9-38-10-8-36)19-4-1-3-18(11-19)12-24(37)20-5-2-6-30-14-20/h1-6,11,13-17H,7-10,12H2,(H2,29,32,33). The molecule has 38 heavy (non-hydrogen) atoms. The fraction of sp³-hybridized carbons (Fsp3) is 0.179. The monoisotopic (exact) mass is 504 g/mol. The van der Waals surface area contributed by atoms with Gasteiger partial charge >= 0.3 is 0 Å². The Labute approximate surface area is 218 Å². The molecule has 0 atom stereocenters. The first-order valence-corrected chi connectivity index (χ1v) is 12.2. The molecule has 1 aromatic carbocycles. The molecule has 1 aliphatic heterocycles. The Bertz CT molecular complexity index is 1600. The molecule has 0 spiro atoms. The molecule has 5 aromatic rings. The van der Waals surface area contributed by atoms with Crippen molar-refractivity contribution in [3.05, 3.63) is 84.6 Å². The third kappa shape index (κ3) is 4.89. The van der Waals surface area contributed by atoms with Crippen molar-refractivity contribution in [2.45, 2.75) is 6.42 Å². The van der Waals surface area contributed by atoms with E-state index < -0.39 is 0 Å². The number of nitrogen functional groups attached to an aromatic ring is 1. The van der Waals surface area contributed by atoms with Crippen LogP contribution >= 0.6 is 0 Å². The molecule has 0 aliphatic carbocycles. The summed E-state index contributed by atoms with van der Waals surface area (Å²) in [5.41, 5.74) is 11.1. The number of fused-ring (bicyclic) bond motifs is 1. The average molecular weight is 505 g/mol. The Morgan fingerprint density at radius 2 is 1.71 bits per heavy atom. The summed E-state index contributed by atoms with van der Waals surface area (Å²) in [5.74, 6) is 1.44. The van der Waals surface area contributed by atoms with Gasteiger partial charge in [0.15, 0.2) is 17.4 Å². The first-order valence-electron chi connectivity index (χ1n) is 12.2. The van der Waals surface area contributed by atoms with Gasteiger partial charge in [0.2, 0.25) is 5.95 Å². The van der Waals surface area contributed by atoms with Crippen LogP contribution in [0.2, 0.25) is 0 Å². The van der Waals surface area contributed by atoms with Crippen molar-refractivity contribution in [1.82, 2.24) is 29.9 Å². The highest BCUT2D eigenvalue weighted by molar-refractivity contribution is 5.97. The van der Waals surface area contributed by atoms with Crippen molar-refractivity contribution < 1.29 is 9.53 Å². The molecule has 6 rings (SSSR count). The largest absolute Gasteiger partial charge is 0.378 e. The highest BCUT2D eigenvalue weighted by Gasteiger charge is 2.20. The molecule has 0 amide bonds. The maximum Gasteiger partial charge on any atom is 0.219 e. The number of hydrogen-bond acceptors (Lipinski definition) is 10. The van der Waals surface area contributed by atoms with Crippen LogP contribution in [0.3, 0.4) is 0 Å². The number of Topliss-reactive ketones (excluding diaryl/α,β-unsaturated/α-hetero) is 1. The number of hydrogen-bond donors (Lipinski definition) is 1. The highest BCUT2D eigenvalue weighted by Crippen LogP contribution is 2.30. The number of carbonyl (C=O) groups is 1. The van der Waals surface area contributed by atoms with Crippen LogP contribution in [0, 0.1) is 0 Å². The second-order valence-electron chi connectivity index (χ2n) is 8.93. The molecular weight excluding hydrogens is 480 g/mol. The Kier molecular flexibility index (Phi) is 6.37. The molecule has 2 N–H and O–H groups in total. The van der Waals surface area contributed by atoms with Crippen LogP contribution in [0.25, 0.3) is 33.5 Å². The summed E-state index contributed by atoms with van der Waals surface area (Å²) in [6.45, 7) is 2.66. The molecule has 0 saturated carbocycles. The van der Waals surface area contributed by atoms with E-state index in [1.165, 1.54) is 0 Å². The predicted molar refractivity (Wildman–Crippen MR) is 144 cm³/mol. The Balaban J connectivity index is 1.39. The van der Waals surface area contributed by atoms with E-state index in [0.29, 0.717) is 54.3 Å². The molecule has 10 heteroatoms. The summed E-state index contributed by atoms with van der Waals surface area (Å²) in [6.07, 6.45) is 8.59. The van der Waals surface area contributed by atoms with Gasteiger partial charge in [-0.05, 0) is 29.3 Å². The van der Waals surface area contributed by atoms with Gasteiger partial charge in [-0.15, -0.1) is 0 Å². The van der Waals surface area contributed by atoms with E-state index in [2.05, 4.69) is 19.9 Å². The van der Waals surface area contributed by atoms with Crippen LogP contribution in [0.15, 0.2) is 73.4 Å². The van der Waals surface area contributed by atoms with Gasteiger partial charge in [-0.3, -0.25) is 14.8 Å². The normalized spacial score (nSPS) is 13.5. The minimum absolute atomic E-state index is 0.0186. The maximum atomic E-state index is 12.7. The number of anilines is 2. The van der Waals surface area contributed by atoms with Gasteiger partial charge in [-0.1, -0.05) is 24.3 Å². The number of nitrogens with two attached hydrogens (primary N) is 1. The third-order valence-corrected chi connectivity index (χ3v) is 6.37. The number of carbonyl (C=O) groups excluding carboxylic acids is 1. The zero-order valence-corrected chi connectivity index (χ0v) is 20.5. The van der Waals surface area contributed by atoms with Gasteiger partial charge in [0.1, 0.15) is 5.52 Å². The lowest BCUT2D eigenvalue weighted by molar-refractivity contribution is 0.0992. The van der Waals surface area contributed by atoms with Gasteiger partial charge in [0.25, 0.3) is 0 Å². The number of rotatable bonds is 6. The van der Waals surface area contributed by atoms with Crippen LogP contribution in [-0.4, -0.2) is 62.0 Å². The fourth-order valence-electron chi connectivity index (χ4n) is 4.42. The van der Waals surface area contributed by atoms with E-state index in [1.54, 1.807) is 36.9 Å². The molecule has 1 fully saturated rings. The Morgan fingerprint density at radius 1 is 0.895 bits per heavy atom. The second kappa shape index (κ2) is 10.3. The maximum absolute atomic E-state index is 12.7. The highest BCUT2D eigenvalue weighted by atomic mass is 16.5. The smallest absolute Gasteiger partial charge is 0.219 e. The van der Waals surface area contributed by atoms with Crippen molar-refractivity contribution in [3.8, 4) is 22.5 Å². The summed E-state index contributed by atoms with van der Waals surface area (Å²) in [5, 5.41) is 0. The Hall–Kier alpha value is -4.83. The van der Waals surface area contributed by atoms with Gasteiger partial charge in [0.05, 0.1) is 24.3 Å². The number of pyridine rings is 2. The van der Waals surface area contributed by atoms with Crippen molar-refractivity contribution in [1.29, 1.82) is 0 Å². The predicted octanol–water partition coefficient (Wildman–Crippen LogP) is 3.39. The van der Waals surface area contributed by atoms with Gasteiger partial charge in [0, 0.05) is 61.6 Å². The molecule has 0 bridgehead atoms. The molecule has 5 heterocycles. The first-order chi connectivity index (χ1) is 18.6. The van der Waals surface area contributed by atoms with Crippen molar-refractivity contribution >= 4 is 28.6 Å². The molecule has 4 aromatic heterocycles. The van der Waals surface area contributed by atoms with Gasteiger partial charge in [-0.25, -0.2) is 19.9 Å². The lowest BCUT2D eigenvalue weighted by Gasteiger charge is -2.28. The molecular formula is C28H24N8O2. The van der Waals surface area contributed by atoms with Crippen molar-refractivity contribution in [2.75, 3.05) is 36.9 Å². The zero-order valence-electron chi connectivity index (χ0n) is 20.5. The molecule has 1 aliphatic rings. The SMILES string of the molecule is Nc1ncc(-c2nc(N3CCOCC3)c3ncc(-c4cccc(CC(=O)c5cccnc5)c4)cc3n2)cn1. The fourth-order valence-corrected chi connectivity index (χ4v) is 4.42. The van der Waals surface area contributed by atoms with Crippen molar-refractivity contribution in [3.63, 3.8) is 0 Å². The van der Waals surface area contributed by atoms with Crippen LogP contribution in [-0.2, 0) is 11.2 Å². The average Bonchev–Trinajstić information content (AvgIpc) is 2.97. The molecule has 188 valence electrons. The van der Waals surface area contributed by atoms with E-state index in [0.717, 1.165) is 22.5 Å². The quantitative estimate of drug-likeness (QED) is 0.343. The zero-order chi connectivity index (χ0) is 25.9. The Morgan fingerprint density at radius 3 is 2.50 bits per heavy atom. The van der Waals surface area contributed by atoms with Crippen LogP contribution < -0.4 is 10.6 Å². The summed E-state index contributed by atoms with van der Waals surface area (Å²) in [7, 11) is 0. The van der Waals surface area contributed by atoms with E-state index in [4.69, 9.17) is 25.4 Å². The van der Waals surface area contributed by atoms with E-state index in [9.17, 15) is 4.79 Å². The summed E-state index contributed by atoms with van der Waals surface area (Å²) in [6, 6.07) is 13.4. The molecule has 1 saturated heterocycles. The lowest BCUT2D eigenvalue weighted by atomic mass is 9.99. The molecule has 0 unspecified atom stereocenters. The number of aromatic nitrogens is 6. The first kappa shape index (κ1) is 23.6. The number of morpholine rings is 1. The van der Waals surface area contributed by atoms with E-state index in [-0.39, 0.29) is 18.2 Å². The topological polar surface area (TPSA) is 133 Å². The summed E-state index contributed by atoms with van der Waals surface area (Å²) in [4.78, 5) is 41.6. The molecule has 0 radical (unpaired) electrons. The lowest BCUT2D eigenvalue weighted by Crippen LogP contribution is -2.37. The van der Waals surface area contributed by atoms with Crippen LogP contribution in [0.1, 0.15) is 15.9 Å². The number of ketones is 1. The molecule has 10 nitrogen and oxygen atoms in total. The van der Waals surface area contributed by atoms with E-state index in [1.807, 2.05) is 36.5 Å². The van der Waals surface area contributed by atoms with E-state index >= 15 is 0 Å².